The molecule has 1 aromatic heterocycles. The first kappa shape index (κ1) is 12.2. The van der Waals surface area contributed by atoms with Crippen LogP contribution in [0.3, 0.4) is 0 Å². The smallest absolute Gasteiger partial charge is 0.326 e. The van der Waals surface area contributed by atoms with Crippen molar-refractivity contribution in [1.82, 2.24) is 15.1 Å². The fourth-order valence-corrected chi connectivity index (χ4v) is 1.17. The Hall–Kier alpha value is -1.89. The van der Waals surface area contributed by atoms with Crippen LogP contribution in [-0.4, -0.2) is 44.5 Å². The van der Waals surface area contributed by atoms with Crippen LogP contribution in [0.4, 0.5) is 0 Å². The summed E-state index contributed by atoms with van der Waals surface area (Å²) in [6.45, 7) is -0.332. The molecule has 0 aliphatic carbocycles. The van der Waals surface area contributed by atoms with Crippen molar-refractivity contribution in [3.8, 4) is 0 Å². The lowest BCUT2D eigenvalue weighted by Crippen LogP contribution is -2.42. The maximum Gasteiger partial charge on any atom is 0.326 e. The van der Waals surface area contributed by atoms with Crippen LogP contribution in [0.15, 0.2) is 18.5 Å². The first-order valence-electron chi connectivity index (χ1n) is 4.74. The number of carbonyl (C=O) groups excluding carboxylic acids is 1. The number of aliphatic hydroxyl groups excluding tert-OH is 1. The van der Waals surface area contributed by atoms with E-state index in [2.05, 4.69) is 10.4 Å². The van der Waals surface area contributed by atoms with Crippen molar-refractivity contribution in [2.45, 2.75) is 19.0 Å². The van der Waals surface area contributed by atoms with Gasteiger partial charge in [-0.3, -0.25) is 9.48 Å². The summed E-state index contributed by atoms with van der Waals surface area (Å²) in [7, 11) is 0. The van der Waals surface area contributed by atoms with E-state index in [0.29, 0.717) is 0 Å². The summed E-state index contributed by atoms with van der Waals surface area (Å²) in [5.74, 6) is -1.62. The zero-order chi connectivity index (χ0) is 12.0. The highest BCUT2D eigenvalue weighted by atomic mass is 16.4. The standard InChI is InChI=1S/C9H13N3O4/c13-5-2-7(9(15)16)11-8(14)6-12-4-1-3-10-12/h1,3-4,7,13H,2,5-6H2,(H,11,14)(H,15,16)/t7-/m0/s1. The van der Waals surface area contributed by atoms with Crippen LogP contribution in [0.1, 0.15) is 6.42 Å². The van der Waals surface area contributed by atoms with Gasteiger partial charge in [-0.2, -0.15) is 5.10 Å². The predicted molar refractivity (Wildman–Crippen MR) is 53.5 cm³/mol. The molecule has 0 radical (unpaired) electrons. The van der Waals surface area contributed by atoms with Crippen LogP contribution in [-0.2, 0) is 16.1 Å². The summed E-state index contributed by atoms with van der Waals surface area (Å²) in [6.07, 6.45) is 3.11. The van der Waals surface area contributed by atoms with Crippen LogP contribution < -0.4 is 5.32 Å². The number of nitrogens with zero attached hydrogens (tertiary/aromatic N) is 2. The first-order chi connectivity index (χ1) is 7.63. The topological polar surface area (TPSA) is 104 Å². The molecule has 0 spiro atoms. The second kappa shape index (κ2) is 5.86. The Morgan fingerprint density at radius 2 is 2.25 bits per heavy atom. The molecular weight excluding hydrogens is 214 g/mol. The SMILES string of the molecule is O=C(Cn1cccn1)N[C@@H](CCO)C(=O)O. The number of aliphatic carboxylic acids is 1. The fourth-order valence-electron chi connectivity index (χ4n) is 1.17. The molecule has 1 aromatic rings. The Morgan fingerprint density at radius 3 is 2.75 bits per heavy atom. The van der Waals surface area contributed by atoms with Crippen molar-refractivity contribution in [1.29, 1.82) is 0 Å². The summed E-state index contributed by atoms with van der Waals surface area (Å²) in [5, 5.41) is 23.5. The van der Waals surface area contributed by atoms with Crippen LogP contribution in [0, 0.1) is 0 Å². The lowest BCUT2D eigenvalue weighted by Gasteiger charge is -2.12. The summed E-state index contributed by atoms with van der Waals surface area (Å²) in [6, 6.07) is 0.600. The quantitative estimate of drug-likeness (QED) is 0.568. The third-order valence-corrected chi connectivity index (χ3v) is 1.92. The minimum Gasteiger partial charge on any atom is -0.480 e. The third-order valence-electron chi connectivity index (χ3n) is 1.92. The molecule has 1 rings (SSSR count). The Labute approximate surface area is 91.7 Å². The molecule has 0 saturated carbocycles. The van der Waals surface area contributed by atoms with Crippen LogP contribution >= 0.6 is 0 Å². The zero-order valence-electron chi connectivity index (χ0n) is 8.54. The van der Waals surface area contributed by atoms with E-state index >= 15 is 0 Å². The molecule has 0 aliphatic heterocycles. The molecule has 0 aliphatic rings. The average Bonchev–Trinajstić information content (AvgIpc) is 2.69. The van der Waals surface area contributed by atoms with Gasteiger partial charge in [-0.25, -0.2) is 4.79 Å². The van der Waals surface area contributed by atoms with E-state index in [1.54, 1.807) is 12.3 Å². The van der Waals surface area contributed by atoms with E-state index in [4.69, 9.17) is 10.2 Å². The molecule has 1 amide bonds. The highest BCUT2D eigenvalue weighted by molar-refractivity contribution is 5.83. The predicted octanol–water partition coefficient (Wildman–Crippen LogP) is -1.17. The summed E-state index contributed by atoms with van der Waals surface area (Å²) < 4.78 is 1.38. The first-order valence-corrected chi connectivity index (χ1v) is 4.74. The highest BCUT2D eigenvalue weighted by Gasteiger charge is 2.19. The van der Waals surface area contributed by atoms with Crippen molar-refractivity contribution >= 4 is 11.9 Å². The molecule has 0 saturated heterocycles. The van der Waals surface area contributed by atoms with E-state index in [0.717, 1.165) is 0 Å². The van der Waals surface area contributed by atoms with Gasteiger partial charge in [0.15, 0.2) is 0 Å². The number of amides is 1. The summed E-state index contributed by atoms with van der Waals surface area (Å²) >= 11 is 0. The summed E-state index contributed by atoms with van der Waals surface area (Å²) in [5.41, 5.74) is 0. The van der Waals surface area contributed by atoms with E-state index in [-0.39, 0.29) is 19.6 Å². The molecule has 0 bridgehead atoms. The highest BCUT2D eigenvalue weighted by Crippen LogP contribution is 1.92. The molecular formula is C9H13N3O4. The van der Waals surface area contributed by atoms with Gasteiger partial charge in [-0.1, -0.05) is 0 Å². The number of aliphatic hydroxyl groups is 1. The van der Waals surface area contributed by atoms with Gasteiger partial charge in [0.2, 0.25) is 5.91 Å². The van der Waals surface area contributed by atoms with Gasteiger partial charge in [0.1, 0.15) is 12.6 Å². The maximum atomic E-state index is 11.4. The Bertz CT molecular complexity index is 350. The van der Waals surface area contributed by atoms with Crippen molar-refractivity contribution in [3.05, 3.63) is 18.5 Å². The molecule has 0 unspecified atom stereocenters. The van der Waals surface area contributed by atoms with Gasteiger partial charge in [0.25, 0.3) is 0 Å². The Balaban J connectivity index is 2.45. The molecule has 7 heteroatoms. The number of rotatable bonds is 6. The number of nitrogens with one attached hydrogen (secondary N) is 1. The Kier molecular flexibility index (Phi) is 4.46. The molecule has 16 heavy (non-hydrogen) atoms. The average molecular weight is 227 g/mol. The van der Waals surface area contributed by atoms with Gasteiger partial charge >= 0.3 is 5.97 Å². The van der Waals surface area contributed by atoms with Crippen molar-refractivity contribution < 1.29 is 19.8 Å². The number of carbonyl (C=O) groups is 2. The van der Waals surface area contributed by atoms with Gasteiger partial charge in [0, 0.05) is 25.4 Å². The van der Waals surface area contributed by atoms with Crippen molar-refractivity contribution in [3.63, 3.8) is 0 Å². The van der Waals surface area contributed by atoms with E-state index in [9.17, 15) is 9.59 Å². The molecule has 0 aromatic carbocycles. The molecule has 1 atom stereocenters. The van der Waals surface area contributed by atoms with E-state index in [1.165, 1.54) is 10.9 Å². The van der Waals surface area contributed by atoms with Gasteiger partial charge in [-0.05, 0) is 6.07 Å². The number of aromatic nitrogens is 2. The van der Waals surface area contributed by atoms with E-state index < -0.39 is 17.9 Å². The van der Waals surface area contributed by atoms with Crippen molar-refractivity contribution in [2.75, 3.05) is 6.61 Å². The lowest BCUT2D eigenvalue weighted by molar-refractivity contribution is -0.142. The normalized spacial score (nSPS) is 12.1. The zero-order valence-corrected chi connectivity index (χ0v) is 8.54. The van der Waals surface area contributed by atoms with Gasteiger partial charge < -0.3 is 15.5 Å². The monoisotopic (exact) mass is 227 g/mol. The van der Waals surface area contributed by atoms with Crippen LogP contribution in [0.25, 0.3) is 0 Å². The fraction of sp³-hybridized carbons (Fsp3) is 0.444. The minimum absolute atomic E-state index is 0.0137. The van der Waals surface area contributed by atoms with E-state index in [1.807, 2.05) is 0 Å². The number of hydrogen-bond donors (Lipinski definition) is 3. The van der Waals surface area contributed by atoms with Gasteiger partial charge in [0.05, 0.1) is 0 Å². The molecule has 88 valence electrons. The number of hydrogen-bond acceptors (Lipinski definition) is 4. The molecule has 0 fully saturated rings. The second-order valence-corrected chi connectivity index (χ2v) is 3.17. The van der Waals surface area contributed by atoms with Crippen LogP contribution in [0.5, 0.6) is 0 Å². The molecule has 1 heterocycles. The summed E-state index contributed by atoms with van der Waals surface area (Å²) in [4.78, 5) is 22.1. The largest absolute Gasteiger partial charge is 0.480 e. The molecule has 7 nitrogen and oxygen atoms in total. The van der Waals surface area contributed by atoms with Gasteiger partial charge in [-0.15, -0.1) is 0 Å². The number of carboxylic acid groups (broad SMARTS) is 1. The third kappa shape index (κ3) is 3.70. The Morgan fingerprint density at radius 1 is 1.50 bits per heavy atom. The molecule has 3 N–H and O–H groups in total. The minimum atomic E-state index is -1.16. The number of carboxylic acids is 1. The maximum absolute atomic E-state index is 11.4. The lowest BCUT2D eigenvalue weighted by atomic mass is 10.2. The van der Waals surface area contributed by atoms with Crippen LogP contribution in [0.2, 0.25) is 0 Å². The second-order valence-electron chi connectivity index (χ2n) is 3.17. The van der Waals surface area contributed by atoms with Crippen molar-refractivity contribution in [2.24, 2.45) is 0 Å².